The van der Waals surface area contributed by atoms with E-state index in [-0.39, 0.29) is 0 Å². The number of aromatic nitrogens is 2. The van der Waals surface area contributed by atoms with Crippen LogP contribution in [0.2, 0.25) is 0 Å². The van der Waals surface area contributed by atoms with Crippen molar-refractivity contribution in [3.8, 4) is 11.3 Å². The number of H-pyrrole nitrogens is 1. The minimum absolute atomic E-state index is 0.716. The molecule has 1 N–H and O–H groups in total. The van der Waals surface area contributed by atoms with Gasteiger partial charge in [0.1, 0.15) is 0 Å². The molecule has 16 heavy (non-hydrogen) atoms. The number of benzene rings is 1. The highest BCUT2D eigenvalue weighted by molar-refractivity contribution is 9.10. The van der Waals surface area contributed by atoms with Crippen LogP contribution < -0.4 is 0 Å². The summed E-state index contributed by atoms with van der Waals surface area (Å²) in [4.78, 5) is 0. The molecule has 1 aliphatic rings. The van der Waals surface area contributed by atoms with Crippen LogP contribution in [0.4, 0.5) is 0 Å². The molecule has 1 aromatic carbocycles. The Morgan fingerprint density at radius 1 is 1.25 bits per heavy atom. The summed E-state index contributed by atoms with van der Waals surface area (Å²) in [7, 11) is 0. The van der Waals surface area contributed by atoms with Gasteiger partial charge in [-0.05, 0) is 31.0 Å². The molecule has 82 valence electrons. The van der Waals surface area contributed by atoms with Gasteiger partial charge >= 0.3 is 0 Å². The third-order valence-electron chi connectivity index (χ3n) is 3.26. The van der Waals surface area contributed by atoms with Crippen molar-refractivity contribution in [3.63, 3.8) is 0 Å². The largest absolute Gasteiger partial charge is 0.282 e. The molecule has 0 aliphatic heterocycles. The maximum Gasteiger partial charge on any atom is 0.0924 e. The van der Waals surface area contributed by atoms with E-state index < -0.39 is 0 Å². The molecule has 0 bridgehead atoms. The van der Waals surface area contributed by atoms with Crippen molar-refractivity contribution in [1.29, 1.82) is 0 Å². The van der Waals surface area contributed by atoms with Crippen LogP contribution in [0.25, 0.3) is 11.3 Å². The van der Waals surface area contributed by atoms with Crippen molar-refractivity contribution in [1.82, 2.24) is 10.2 Å². The van der Waals surface area contributed by atoms with Gasteiger partial charge in [0.2, 0.25) is 0 Å². The standard InChI is InChI=1S/C13H13BrN2/c14-11-6-2-5-10(7-11)13-8-12(15-16-13)9-3-1-4-9/h2,5-9H,1,3-4H2,(H,15,16). The van der Waals surface area contributed by atoms with Gasteiger partial charge in [-0.2, -0.15) is 5.10 Å². The average molecular weight is 277 g/mol. The second kappa shape index (κ2) is 4.06. The predicted molar refractivity (Wildman–Crippen MR) is 68.3 cm³/mol. The second-order valence-corrected chi connectivity index (χ2v) is 5.26. The van der Waals surface area contributed by atoms with Crippen molar-refractivity contribution < 1.29 is 0 Å². The first-order valence-corrected chi connectivity index (χ1v) is 6.43. The second-order valence-electron chi connectivity index (χ2n) is 4.35. The molecule has 0 radical (unpaired) electrons. The fourth-order valence-corrected chi connectivity index (χ4v) is 2.46. The Bertz CT molecular complexity index is 500. The molecule has 2 nitrogen and oxygen atoms in total. The predicted octanol–water partition coefficient (Wildman–Crippen LogP) is 4.11. The van der Waals surface area contributed by atoms with Gasteiger partial charge in [0, 0.05) is 21.6 Å². The molecular formula is C13H13BrN2. The van der Waals surface area contributed by atoms with E-state index in [4.69, 9.17) is 0 Å². The molecule has 1 heterocycles. The molecule has 0 spiro atoms. The van der Waals surface area contributed by atoms with Crippen molar-refractivity contribution >= 4 is 15.9 Å². The molecule has 2 aromatic rings. The highest BCUT2D eigenvalue weighted by atomic mass is 79.9. The Hall–Kier alpha value is -1.09. The molecule has 3 heteroatoms. The van der Waals surface area contributed by atoms with Gasteiger partial charge in [0.05, 0.1) is 5.69 Å². The lowest BCUT2D eigenvalue weighted by atomic mass is 9.83. The van der Waals surface area contributed by atoms with Crippen molar-refractivity contribution in [2.24, 2.45) is 0 Å². The summed E-state index contributed by atoms with van der Waals surface area (Å²) in [6, 6.07) is 10.4. The Morgan fingerprint density at radius 3 is 2.81 bits per heavy atom. The lowest BCUT2D eigenvalue weighted by Gasteiger charge is -2.23. The van der Waals surface area contributed by atoms with Crippen LogP contribution in [0.1, 0.15) is 30.9 Å². The van der Waals surface area contributed by atoms with Gasteiger partial charge in [0.25, 0.3) is 0 Å². The average Bonchev–Trinajstić information content (AvgIpc) is 2.64. The first-order valence-electron chi connectivity index (χ1n) is 5.64. The summed E-state index contributed by atoms with van der Waals surface area (Å²) >= 11 is 3.48. The maximum atomic E-state index is 4.38. The number of halogens is 1. The van der Waals surface area contributed by atoms with E-state index >= 15 is 0 Å². The van der Waals surface area contributed by atoms with Gasteiger partial charge < -0.3 is 0 Å². The summed E-state index contributed by atoms with van der Waals surface area (Å²) in [5.74, 6) is 0.716. The van der Waals surface area contributed by atoms with Crippen LogP contribution in [0.5, 0.6) is 0 Å². The van der Waals surface area contributed by atoms with E-state index in [2.05, 4.69) is 44.3 Å². The van der Waals surface area contributed by atoms with Gasteiger partial charge in [-0.15, -0.1) is 0 Å². The fraction of sp³-hybridized carbons (Fsp3) is 0.308. The van der Waals surface area contributed by atoms with E-state index in [0.717, 1.165) is 15.7 Å². The first-order chi connectivity index (χ1) is 7.83. The van der Waals surface area contributed by atoms with Crippen LogP contribution in [0, 0.1) is 0 Å². The van der Waals surface area contributed by atoms with Gasteiger partial charge in [-0.25, -0.2) is 0 Å². The Balaban J connectivity index is 1.91. The number of aromatic amines is 1. The maximum absolute atomic E-state index is 4.38. The zero-order valence-corrected chi connectivity index (χ0v) is 10.5. The zero-order valence-electron chi connectivity index (χ0n) is 8.91. The van der Waals surface area contributed by atoms with Crippen molar-refractivity contribution in [3.05, 3.63) is 40.5 Å². The molecule has 3 rings (SSSR count). The molecule has 0 saturated heterocycles. The third kappa shape index (κ3) is 1.80. The molecule has 1 fully saturated rings. The minimum Gasteiger partial charge on any atom is -0.282 e. The number of nitrogens with zero attached hydrogens (tertiary/aromatic N) is 1. The highest BCUT2D eigenvalue weighted by Crippen LogP contribution is 2.36. The molecule has 1 aromatic heterocycles. The van der Waals surface area contributed by atoms with Crippen molar-refractivity contribution in [2.75, 3.05) is 0 Å². The number of rotatable bonds is 2. The minimum atomic E-state index is 0.716. The molecule has 0 unspecified atom stereocenters. The summed E-state index contributed by atoms with van der Waals surface area (Å²) in [5.41, 5.74) is 3.50. The monoisotopic (exact) mass is 276 g/mol. The normalized spacial score (nSPS) is 16.1. The summed E-state index contributed by atoms with van der Waals surface area (Å²) < 4.78 is 1.10. The lowest BCUT2D eigenvalue weighted by molar-refractivity contribution is 0.410. The third-order valence-corrected chi connectivity index (χ3v) is 3.76. The molecule has 1 aliphatic carbocycles. The first kappa shape index (κ1) is 10.1. The molecule has 0 atom stereocenters. The molecule has 0 amide bonds. The van der Waals surface area contributed by atoms with Crippen LogP contribution in [-0.2, 0) is 0 Å². The topological polar surface area (TPSA) is 28.7 Å². The van der Waals surface area contributed by atoms with E-state index in [1.807, 2.05) is 12.1 Å². The lowest BCUT2D eigenvalue weighted by Crippen LogP contribution is -2.08. The van der Waals surface area contributed by atoms with E-state index in [0.29, 0.717) is 5.92 Å². The fourth-order valence-electron chi connectivity index (χ4n) is 2.06. The number of nitrogens with one attached hydrogen (secondary N) is 1. The van der Waals surface area contributed by atoms with Crippen LogP contribution in [0.3, 0.4) is 0 Å². The summed E-state index contributed by atoms with van der Waals surface area (Å²) in [5, 5.41) is 7.54. The molecule has 1 saturated carbocycles. The zero-order chi connectivity index (χ0) is 11.0. The van der Waals surface area contributed by atoms with Crippen LogP contribution >= 0.6 is 15.9 Å². The van der Waals surface area contributed by atoms with Gasteiger partial charge in [-0.1, -0.05) is 34.5 Å². The Labute approximate surface area is 103 Å². The van der Waals surface area contributed by atoms with Gasteiger partial charge in [0.15, 0.2) is 0 Å². The van der Waals surface area contributed by atoms with Crippen LogP contribution in [-0.4, -0.2) is 10.2 Å². The van der Waals surface area contributed by atoms with Crippen molar-refractivity contribution in [2.45, 2.75) is 25.2 Å². The Kier molecular flexibility index (Phi) is 2.56. The van der Waals surface area contributed by atoms with E-state index in [9.17, 15) is 0 Å². The summed E-state index contributed by atoms with van der Waals surface area (Å²) in [6.07, 6.45) is 3.97. The SMILES string of the molecule is Brc1cccc(-c2cc(C3CCC3)[nH]n2)c1. The van der Waals surface area contributed by atoms with Gasteiger partial charge in [-0.3, -0.25) is 5.10 Å². The summed E-state index contributed by atoms with van der Waals surface area (Å²) in [6.45, 7) is 0. The number of hydrogen-bond donors (Lipinski definition) is 1. The quantitative estimate of drug-likeness (QED) is 0.879. The Morgan fingerprint density at radius 2 is 2.12 bits per heavy atom. The van der Waals surface area contributed by atoms with Crippen LogP contribution in [0.15, 0.2) is 34.8 Å². The number of hydrogen-bond acceptors (Lipinski definition) is 1. The molecular weight excluding hydrogens is 264 g/mol. The van der Waals surface area contributed by atoms with E-state index in [1.54, 1.807) is 0 Å². The van der Waals surface area contributed by atoms with E-state index in [1.165, 1.54) is 25.0 Å². The highest BCUT2D eigenvalue weighted by Gasteiger charge is 2.21. The smallest absolute Gasteiger partial charge is 0.0924 e.